The Morgan fingerprint density at radius 1 is 1.28 bits per heavy atom. The monoisotopic (exact) mass is 548 g/mol. The lowest BCUT2D eigenvalue weighted by atomic mass is 9.99. The summed E-state index contributed by atoms with van der Waals surface area (Å²) < 4.78 is 38.0. The van der Waals surface area contributed by atoms with Gasteiger partial charge in [0.2, 0.25) is 0 Å². The number of nitrogens with zero attached hydrogens (tertiary/aromatic N) is 3. The molecular weight excluding hydrogens is 513 g/mol. The Hall–Kier alpha value is -3.05. The number of alkyl halides is 2. The highest BCUT2D eigenvalue weighted by Crippen LogP contribution is 2.33. The third kappa shape index (κ3) is 9.28. The predicted octanol–water partition coefficient (Wildman–Crippen LogP) is 2.22. The molecule has 2 atom stereocenters. The van der Waals surface area contributed by atoms with Crippen molar-refractivity contribution < 1.29 is 37.8 Å². The van der Waals surface area contributed by atoms with Crippen molar-refractivity contribution in [1.82, 2.24) is 15.1 Å². The van der Waals surface area contributed by atoms with Crippen LogP contribution in [-0.4, -0.2) is 89.1 Å². The van der Waals surface area contributed by atoms with Crippen molar-refractivity contribution in [2.24, 2.45) is 0 Å². The van der Waals surface area contributed by atoms with Crippen molar-refractivity contribution in [3.8, 4) is 6.07 Å². The first-order chi connectivity index (χ1) is 18.4. The summed E-state index contributed by atoms with van der Waals surface area (Å²) in [6, 6.07) is 10.9. The molecule has 0 aliphatic carbocycles. The van der Waals surface area contributed by atoms with Crippen LogP contribution in [0.3, 0.4) is 0 Å². The smallest absolute Gasteiger partial charge is 0.444 e. The molecule has 0 radical (unpaired) electrons. The van der Waals surface area contributed by atoms with Crippen LogP contribution in [0.5, 0.6) is 0 Å². The van der Waals surface area contributed by atoms with Gasteiger partial charge in [-0.3, -0.25) is 15.0 Å². The van der Waals surface area contributed by atoms with Crippen molar-refractivity contribution in [3.05, 3.63) is 47.5 Å². The number of nitrogens with one attached hydrogen (secondary N) is 1. The fourth-order valence-electron chi connectivity index (χ4n) is 4.79. The molecule has 212 valence electrons. The number of carbonyl (C=O) groups is 2. The van der Waals surface area contributed by atoms with Crippen LogP contribution in [-0.2, 0) is 20.6 Å². The molecule has 2 aliphatic heterocycles. The molecule has 0 unspecified atom stereocenters. The molecule has 0 aromatic heterocycles. The van der Waals surface area contributed by atoms with Crippen LogP contribution >= 0.6 is 0 Å². The van der Waals surface area contributed by atoms with E-state index in [9.17, 15) is 33.7 Å². The number of carbonyl (C=O) groups excluding carboxylic acids is 2. The molecule has 0 bridgehead atoms. The Labute approximate surface area is 227 Å². The van der Waals surface area contributed by atoms with Crippen molar-refractivity contribution in [2.45, 2.75) is 69.7 Å². The largest absolute Gasteiger partial charge is 0.635 e. The average Bonchev–Trinajstić information content (AvgIpc) is 3.08. The van der Waals surface area contributed by atoms with Crippen molar-refractivity contribution >= 4 is 19.3 Å². The molecule has 2 saturated heterocycles. The van der Waals surface area contributed by atoms with Crippen LogP contribution in [0.4, 0.5) is 13.6 Å². The Morgan fingerprint density at radius 2 is 2.00 bits per heavy atom. The number of rotatable bonds is 9. The maximum absolute atomic E-state index is 13.8. The van der Waals surface area contributed by atoms with Gasteiger partial charge in [0.1, 0.15) is 24.0 Å². The minimum Gasteiger partial charge on any atom is -0.444 e. The first-order valence-electron chi connectivity index (χ1n) is 13.0. The Balaban J connectivity index is 1.64. The molecule has 1 aromatic carbocycles. The van der Waals surface area contributed by atoms with Gasteiger partial charge in [0.25, 0.3) is 11.8 Å². The molecule has 2 aliphatic rings. The maximum atomic E-state index is 13.8. The van der Waals surface area contributed by atoms with E-state index in [4.69, 9.17) is 9.39 Å². The first kappa shape index (κ1) is 30.5. The summed E-state index contributed by atoms with van der Waals surface area (Å²) in [6.07, 6.45) is 0.447. The molecule has 3 rings (SSSR count). The van der Waals surface area contributed by atoms with Gasteiger partial charge in [0.05, 0.1) is 13.1 Å². The number of likely N-dealkylation sites (tertiary alicyclic amines) is 2. The normalized spacial score (nSPS) is 21.0. The first-order valence-corrected chi connectivity index (χ1v) is 13.0. The van der Waals surface area contributed by atoms with Crippen LogP contribution in [0.1, 0.15) is 45.1 Å². The number of halogens is 2. The quantitative estimate of drug-likeness (QED) is 0.185. The van der Waals surface area contributed by atoms with Gasteiger partial charge in [-0.1, -0.05) is 30.3 Å². The third-order valence-electron chi connectivity index (χ3n) is 6.85. The van der Waals surface area contributed by atoms with Crippen LogP contribution in [0.25, 0.3) is 0 Å². The van der Waals surface area contributed by atoms with Crippen molar-refractivity contribution in [2.75, 3.05) is 26.2 Å². The summed E-state index contributed by atoms with van der Waals surface area (Å²) in [5.74, 6) is -3.36. The molecule has 3 N–H and O–H groups in total. The maximum Gasteiger partial charge on any atom is 0.635 e. The second-order valence-corrected chi connectivity index (χ2v) is 10.4. The van der Waals surface area contributed by atoms with Gasteiger partial charge in [-0.15, -0.1) is 0 Å². The van der Waals surface area contributed by atoms with Gasteiger partial charge in [-0.25, -0.2) is 13.6 Å². The van der Waals surface area contributed by atoms with E-state index < -0.39 is 49.7 Å². The Bertz CT molecular complexity index is 1070. The number of benzene rings is 1. The number of alkyl carbamates (subject to hydrolysis) is 1. The van der Waals surface area contributed by atoms with E-state index in [0.717, 1.165) is 5.56 Å². The van der Waals surface area contributed by atoms with Crippen LogP contribution in [0.2, 0.25) is 0 Å². The van der Waals surface area contributed by atoms with E-state index in [1.807, 2.05) is 12.1 Å². The van der Waals surface area contributed by atoms with E-state index >= 15 is 0 Å². The van der Waals surface area contributed by atoms with Crippen molar-refractivity contribution in [1.29, 1.82) is 5.26 Å². The molecule has 10 nitrogen and oxygen atoms in total. The molecule has 0 saturated carbocycles. The fraction of sp³-hybridized carbons (Fsp3) is 0.577. The zero-order valence-electron chi connectivity index (χ0n) is 22.2. The topological polar surface area (TPSA) is 135 Å². The molecule has 2 heterocycles. The molecular formula is C26H35BF2N4O6. The van der Waals surface area contributed by atoms with Gasteiger partial charge in [0, 0.05) is 31.5 Å². The number of hydrogen-bond acceptors (Lipinski definition) is 8. The minimum atomic E-state index is -2.81. The van der Waals surface area contributed by atoms with E-state index in [1.54, 1.807) is 43.0 Å². The summed E-state index contributed by atoms with van der Waals surface area (Å²) in [4.78, 5) is 28.9. The van der Waals surface area contributed by atoms with Gasteiger partial charge in [-0.05, 0) is 44.7 Å². The second kappa shape index (κ2) is 13.3. The lowest BCUT2D eigenvalue weighted by molar-refractivity contribution is -0.127. The standard InChI is InChI=1S/C26H35BF2N4O6/c1-25(2,33-13-11-26(28,29)18-33)15-20(16-30)23(34)32-12-7-6-10-21(17-32)38-24(35)31-22(39-27(36)37)14-19-8-4-3-5-9-19/h3-5,8-9,15,21-22,36-37H,6-7,10-14,17-18H2,1-2H3,(H,31,35)/t21-,22+/m0/s1. The zero-order valence-corrected chi connectivity index (χ0v) is 22.2. The molecule has 13 heteroatoms. The van der Waals surface area contributed by atoms with Crippen LogP contribution in [0.15, 0.2) is 42.0 Å². The SMILES string of the molecule is CC(C)(C=C(C#N)C(=O)N1CCCC[C@H](OC(=O)N[C@@H](Cc2ccccc2)OB(O)O)C1)N1CCC(F)(F)C1. The highest BCUT2D eigenvalue weighted by atomic mass is 19.3. The van der Waals surface area contributed by atoms with Crippen LogP contribution in [0, 0.1) is 11.3 Å². The molecule has 1 aromatic rings. The average molecular weight is 548 g/mol. The Morgan fingerprint density at radius 3 is 2.62 bits per heavy atom. The Kier molecular flexibility index (Phi) is 10.4. The van der Waals surface area contributed by atoms with Gasteiger partial charge in [0.15, 0.2) is 0 Å². The van der Waals surface area contributed by atoms with E-state index in [1.165, 1.54) is 11.0 Å². The molecule has 0 spiro atoms. The molecule has 2 amide bonds. The predicted molar refractivity (Wildman–Crippen MR) is 138 cm³/mol. The molecule has 39 heavy (non-hydrogen) atoms. The van der Waals surface area contributed by atoms with E-state index in [2.05, 4.69) is 5.32 Å². The highest BCUT2D eigenvalue weighted by Gasteiger charge is 2.43. The number of ether oxygens (including phenoxy) is 1. The van der Waals surface area contributed by atoms with E-state index in [-0.39, 0.29) is 31.5 Å². The zero-order chi connectivity index (χ0) is 28.6. The van der Waals surface area contributed by atoms with E-state index in [0.29, 0.717) is 25.8 Å². The van der Waals surface area contributed by atoms with Crippen LogP contribution < -0.4 is 5.32 Å². The molecule has 2 fully saturated rings. The van der Waals surface area contributed by atoms with Crippen molar-refractivity contribution in [3.63, 3.8) is 0 Å². The van der Waals surface area contributed by atoms with Gasteiger partial charge in [-0.2, -0.15) is 5.26 Å². The minimum absolute atomic E-state index is 0.0420. The highest BCUT2D eigenvalue weighted by molar-refractivity contribution is 6.32. The summed E-state index contributed by atoms with van der Waals surface area (Å²) in [7, 11) is -2.11. The summed E-state index contributed by atoms with van der Waals surface area (Å²) in [6.45, 7) is 3.48. The summed E-state index contributed by atoms with van der Waals surface area (Å²) in [5, 5.41) is 30.7. The van der Waals surface area contributed by atoms with Gasteiger partial charge < -0.3 is 24.3 Å². The second-order valence-electron chi connectivity index (χ2n) is 10.4. The lowest BCUT2D eigenvalue weighted by Gasteiger charge is -2.33. The summed E-state index contributed by atoms with van der Waals surface area (Å²) in [5.41, 5.74) is -0.312. The number of amides is 2. The van der Waals surface area contributed by atoms with Gasteiger partial charge >= 0.3 is 13.4 Å². The number of nitriles is 1. The lowest BCUT2D eigenvalue weighted by Crippen LogP contribution is -2.45. The summed E-state index contributed by atoms with van der Waals surface area (Å²) >= 11 is 0. The fourth-order valence-corrected chi connectivity index (χ4v) is 4.79. The number of hydrogen-bond donors (Lipinski definition) is 3. The third-order valence-corrected chi connectivity index (χ3v) is 6.85.